The molecule has 2 atom stereocenters. The summed E-state index contributed by atoms with van der Waals surface area (Å²) in [4.78, 5) is 26.9. The molecule has 134 valence electrons. The molecule has 4 bridgehead atoms. The largest absolute Gasteiger partial charge is 0.455 e. The van der Waals surface area contributed by atoms with Gasteiger partial charge in [-0.2, -0.15) is 0 Å². The average molecular weight is 335 g/mol. The van der Waals surface area contributed by atoms with Crippen molar-refractivity contribution in [3.63, 3.8) is 0 Å². The third-order valence-corrected chi connectivity index (χ3v) is 6.93. The van der Waals surface area contributed by atoms with Crippen LogP contribution in [0.5, 0.6) is 0 Å². The van der Waals surface area contributed by atoms with E-state index in [1.54, 1.807) is 0 Å². The molecule has 0 aromatic carbocycles. The van der Waals surface area contributed by atoms with Crippen LogP contribution in [0.2, 0.25) is 0 Å². The summed E-state index contributed by atoms with van der Waals surface area (Å²) in [5.74, 6) is 1.25. The zero-order valence-electron chi connectivity index (χ0n) is 14.6. The van der Waals surface area contributed by atoms with Gasteiger partial charge in [0.05, 0.1) is 11.0 Å². The van der Waals surface area contributed by atoms with Crippen molar-refractivity contribution < 1.29 is 19.4 Å². The smallest absolute Gasteiger partial charge is 0.312 e. The van der Waals surface area contributed by atoms with Gasteiger partial charge in [-0.05, 0) is 69.1 Å². The van der Waals surface area contributed by atoms with E-state index in [0.717, 1.165) is 58.0 Å². The SMILES string of the molecule is CC1CCN(C(=O)COC(=O)C23C[C@H]4C[C@@H](CC(O)(C4)C2)C3)CC1. The van der Waals surface area contributed by atoms with Gasteiger partial charge in [0, 0.05) is 13.1 Å². The highest BCUT2D eigenvalue weighted by Gasteiger charge is 2.60. The van der Waals surface area contributed by atoms with Gasteiger partial charge in [-0.15, -0.1) is 0 Å². The van der Waals surface area contributed by atoms with Crippen LogP contribution in [0.4, 0.5) is 0 Å². The van der Waals surface area contributed by atoms with Gasteiger partial charge in [0.15, 0.2) is 6.61 Å². The van der Waals surface area contributed by atoms with E-state index >= 15 is 0 Å². The van der Waals surface area contributed by atoms with Crippen LogP contribution in [0.15, 0.2) is 0 Å². The molecule has 1 amide bonds. The summed E-state index contributed by atoms with van der Waals surface area (Å²) in [5.41, 5.74) is -1.20. The molecule has 1 saturated heterocycles. The Morgan fingerprint density at radius 1 is 1.12 bits per heavy atom. The number of piperidine rings is 1. The highest BCUT2D eigenvalue weighted by molar-refractivity contribution is 5.83. The number of esters is 1. The standard InChI is InChI=1S/C19H29NO4/c1-13-2-4-20(5-3-13)16(21)11-24-17(22)18-7-14-6-15(8-18)10-19(23,9-14)12-18/h13-15,23H,2-12H2,1H3/t14-,15-,18?,19?/m1/s1. The molecule has 0 aromatic rings. The number of nitrogens with zero attached hydrogens (tertiary/aromatic N) is 1. The van der Waals surface area contributed by atoms with Gasteiger partial charge in [-0.3, -0.25) is 9.59 Å². The maximum Gasteiger partial charge on any atom is 0.312 e. The molecule has 5 rings (SSSR count). The van der Waals surface area contributed by atoms with E-state index in [1.165, 1.54) is 0 Å². The van der Waals surface area contributed by atoms with Crippen molar-refractivity contribution in [1.82, 2.24) is 4.90 Å². The first-order valence-electron chi connectivity index (χ1n) is 9.55. The predicted molar refractivity (Wildman–Crippen MR) is 88.0 cm³/mol. The van der Waals surface area contributed by atoms with Gasteiger partial charge >= 0.3 is 5.97 Å². The molecule has 5 heteroatoms. The normalized spacial score (nSPS) is 41.5. The summed E-state index contributed by atoms with van der Waals surface area (Å²) in [5, 5.41) is 10.7. The van der Waals surface area contributed by atoms with Crippen LogP contribution in [-0.4, -0.2) is 47.2 Å². The van der Waals surface area contributed by atoms with Crippen molar-refractivity contribution in [2.24, 2.45) is 23.2 Å². The summed E-state index contributed by atoms with van der Waals surface area (Å²) in [6, 6.07) is 0. The van der Waals surface area contributed by atoms with Crippen molar-refractivity contribution in [1.29, 1.82) is 0 Å². The second-order valence-electron chi connectivity index (χ2n) is 9.11. The minimum Gasteiger partial charge on any atom is -0.455 e. The minimum absolute atomic E-state index is 0.0707. The van der Waals surface area contributed by atoms with Crippen LogP contribution in [0.3, 0.4) is 0 Å². The zero-order valence-corrected chi connectivity index (χ0v) is 14.6. The predicted octanol–water partition coefficient (Wildman–Crippen LogP) is 2.12. The molecule has 5 nitrogen and oxygen atoms in total. The number of carbonyl (C=O) groups is 2. The summed E-state index contributed by atoms with van der Waals surface area (Å²) < 4.78 is 5.47. The van der Waals surface area contributed by atoms with E-state index < -0.39 is 11.0 Å². The number of likely N-dealkylation sites (tertiary alicyclic amines) is 1. The van der Waals surface area contributed by atoms with Crippen molar-refractivity contribution in [3.8, 4) is 0 Å². The lowest BCUT2D eigenvalue weighted by Gasteiger charge is -2.58. The average Bonchev–Trinajstić information content (AvgIpc) is 2.50. The molecule has 0 aromatic heterocycles. The Labute approximate surface area is 143 Å². The molecule has 1 aliphatic heterocycles. The fraction of sp³-hybridized carbons (Fsp3) is 0.895. The van der Waals surface area contributed by atoms with Gasteiger partial charge in [0.1, 0.15) is 0 Å². The fourth-order valence-corrected chi connectivity index (χ4v) is 6.08. The van der Waals surface area contributed by atoms with Crippen LogP contribution in [-0.2, 0) is 14.3 Å². The summed E-state index contributed by atoms with van der Waals surface area (Å²) in [6.45, 7) is 3.61. The Kier molecular flexibility index (Phi) is 3.90. The molecule has 4 saturated carbocycles. The minimum atomic E-state index is -0.671. The van der Waals surface area contributed by atoms with E-state index in [2.05, 4.69) is 6.92 Å². The number of hydrogen-bond acceptors (Lipinski definition) is 4. The second-order valence-corrected chi connectivity index (χ2v) is 9.11. The molecule has 1 heterocycles. The third-order valence-electron chi connectivity index (χ3n) is 6.93. The van der Waals surface area contributed by atoms with Gasteiger partial charge < -0.3 is 14.7 Å². The Bertz CT molecular complexity index is 523. The van der Waals surface area contributed by atoms with E-state index in [0.29, 0.717) is 24.2 Å². The van der Waals surface area contributed by atoms with Gasteiger partial charge in [-0.25, -0.2) is 0 Å². The molecule has 5 aliphatic rings. The molecule has 0 radical (unpaired) electrons. The number of carbonyl (C=O) groups excluding carboxylic acids is 2. The quantitative estimate of drug-likeness (QED) is 0.802. The van der Waals surface area contributed by atoms with E-state index in [9.17, 15) is 14.7 Å². The Morgan fingerprint density at radius 3 is 2.33 bits per heavy atom. The molecular weight excluding hydrogens is 306 g/mol. The lowest BCUT2D eigenvalue weighted by atomic mass is 9.48. The monoisotopic (exact) mass is 335 g/mol. The number of ether oxygens (including phenoxy) is 1. The van der Waals surface area contributed by atoms with Crippen LogP contribution < -0.4 is 0 Å². The molecule has 4 aliphatic carbocycles. The second kappa shape index (κ2) is 5.72. The first-order valence-corrected chi connectivity index (χ1v) is 9.55. The van der Waals surface area contributed by atoms with E-state index in [4.69, 9.17) is 4.74 Å². The van der Waals surface area contributed by atoms with E-state index in [1.807, 2.05) is 4.90 Å². The van der Waals surface area contributed by atoms with Gasteiger partial charge in [0.2, 0.25) is 0 Å². The Morgan fingerprint density at radius 2 is 1.75 bits per heavy atom. The van der Waals surface area contributed by atoms with Crippen LogP contribution >= 0.6 is 0 Å². The molecule has 1 N–H and O–H groups in total. The summed E-state index contributed by atoms with van der Waals surface area (Å²) >= 11 is 0. The molecule has 5 fully saturated rings. The summed E-state index contributed by atoms with van der Waals surface area (Å²) in [6.07, 6.45) is 7.07. The lowest BCUT2D eigenvalue weighted by Crippen LogP contribution is -2.58. The lowest BCUT2D eigenvalue weighted by molar-refractivity contribution is -0.197. The highest BCUT2D eigenvalue weighted by Crippen LogP contribution is 2.61. The van der Waals surface area contributed by atoms with Gasteiger partial charge in [-0.1, -0.05) is 6.92 Å². The number of rotatable bonds is 3. The maximum atomic E-state index is 12.8. The number of hydrogen-bond donors (Lipinski definition) is 1. The van der Waals surface area contributed by atoms with E-state index in [-0.39, 0.29) is 18.5 Å². The first-order chi connectivity index (χ1) is 11.4. The Hall–Kier alpha value is -1.10. The molecular formula is C19H29NO4. The number of aliphatic hydroxyl groups is 1. The zero-order chi connectivity index (χ0) is 16.9. The van der Waals surface area contributed by atoms with Crippen molar-refractivity contribution in [3.05, 3.63) is 0 Å². The van der Waals surface area contributed by atoms with Crippen molar-refractivity contribution >= 4 is 11.9 Å². The van der Waals surface area contributed by atoms with Crippen LogP contribution in [0.25, 0.3) is 0 Å². The fourth-order valence-electron chi connectivity index (χ4n) is 6.08. The topological polar surface area (TPSA) is 66.8 Å². The van der Waals surface area contributed by atoms with Crippen LogP contribution in [0, 0.1) is 23.2 Å². The van der Waals surface area contributed by atoms with Crippen molar-refractivity contribution in [2.45, 2.75) is 63.9 Å². The Balaban J connectivity index is 1.36. The molecule has 0 unspecified atom stereocenters. The van der Waals surface area contributed by atoms with Crippen molar-refractivity contribution in [2.75, 3.05) is 19.7 Å². The van der Waals surface area contributed by atoms with Crippen LogP contribution in [0.1, 0.15) is 58.3 Å². The summed E-state index contributed by atoms with van der Waals surface area (Å²) in [7, 11) is 0. The first kappa shape index (κ1) is 16.4. The highest BCUT2D eigenvalue weighted by atomic mass is 16.5. The number of amides is 1. The molecule has 24 heavy (non-hydrogen) atoms. The third kappa shape index (κ3) is 2.85. The molecule has 0 spiro atoms. The van der Waals surface area contributed by atoms with Gasteiger partial charge in [0.25, 0.3) is 5.91 Å². The maximum absolute atomic E-state index is 12.8.